The summed E-state index contributed by atoms with van der Waals surface area (Å²) in [5.74, 6) is -0.0684. The van der Waals surface area contributed by atoms with Crippen LogP contribution in [0.3, 0.4) is 0 Å². The summed E-state index contributed by atoms with van der Waals surface area (Å²) in [6.07, 6.45) is 2.36. The molecule has 1 atom stereocenters. The number of benzene rings is 2. The maximum absolute atomic E-state index is 12.9. The Bertz CT molecular complexity index is 1000. The first-order chi connectivity index (χ1) is 14.5. The number of carbonyl (C=O) groups excluding carboxylic acids is 2. The molecule has 0 spiro atoms. The van der Waals surface area contributed by atoms with Crippen LogP contribution in [0.25, 0.3) is 0 Å². The van der Waals surface area contributed by atoms with Crippen molar-refractivity contribution in [2.24, 2.45) is 0 Å². The lowest BCUT2D eigenvalue weighted by atomic mass is 10.1. The molecule has 0 unspecified atom stereocenters. The molecule has 7 nitrogen and oxygen atoms in total. The zero-order valence-corrected chi connectivity index (χ0v) is 19.8. The van der Waals surface area contributed by atoms with E-state index in [0.717, 1.165) is 0 Å². The van der Waals surface area contributed by atoms with Gasteiger partial charge in [0.05, 0.1) is 4.90 Å². The maximum Gasteiger partial charge on any atom is 0.251 e. The minimum atomic E-state index is -3.74. The van der Waals surface area contributed by atoms with Crippen LogP contribution in [0.5, 0.6) is 0 Å². The molecule has 2 amide bonds. The van der Waals surface area contributed by atoms with Gasteiger partial charge in [-0.2, -0.15) is 11.8 Å². The van der Waals surface area contributed by atoms with Crippen molar-refractivity contribution in [1.82, 2.24) is 10.0 Å². The van der Waals surface area contributed by atoms with Crippen molar-refractivity contribution in [3.63, 3.8) is 0 Å². The van der Waals surface area contributed by atoms with Crippen LogP contribution in [0.15, 0.2) is 59.5 Å². The second kappa shape index (κ2) is 10.8. The Labute approximate surface area is 188 Å². The van der Waals surface area contributed by atoms with Crippen molar-refractivity contribution in [3.8, 4) is 0 Å². The van der Waals surface area contributed by atoms with Crippen LogP contribution in [-0.2, 0) is 14.8 Å². The van der Waals surface area contributed by atoms with Gasteiger partial charge in [0.25, 0.3) is 5.91 Å². The van der Waals surface area contributed by atoms with Gasteiger partial charge in [0.1, 0.15) is 6.04 Å². The van der Waals surface area contributed by atoms with Gasteiger partial charge in [-0.3, -0.25) is 9.59 Å². The fraction of sp³-hybridized carbons (Fsp3) is 0.364. The molecule has 0 radical (unpaired) electrons. The number of amides is 2. The predicted molar refractivity (Wildman–Crippen MR) is 126 cm³/mol. The van der Waals surface area contributed by atoms with Crippen molar-refractivity contribution < 1.29 is 18.0 Å². The van der Waals surface area contributed by atoms with Crippen LogP contribution < -0.4 is 15.4 Å². The van der Waals surface area contributed by atoms with E-state index in [2.05, 4.69) is 15.4 Å². The zero-order valence-electron chi connectivity index (χ0n) is 18.1. The van der Waals surface area contributed by atoms with E-state index in [4.69, 9.17) is 0 Å². The van der Waals surface area contributed by atoms with Crippen LogP contribution in [0.1, 0.15) is 37.6 Å². The van der Waals surface area contributed by atoms with Crippen molar-refractivity contribution in [2.75, 3.05) is 17.3 Å². The van der Waals surface area contributed by atoms with Crippen LogP contribution in [0.2, 0.25) is 0 Å². The van der Waals surface area contributed by atoms with E-state index < -0.39 is 27.5 Å². The SMILES string of the molecule is CSCC[C@@H](NC(=O)c1ccccc1)C(=O)Nc1cccc(S(=O)(=O)NC(C)(C)C)c1. The Balaban J connectivity index is 2.17. The molecule has 0 fully saturated rings. The molecule has 0 aliphatic carbocycles. The largest absolute Gasteiger partial charge is 0.340 e. The molecule has 3 N–H and O–H groups in total. The zero-order chi connectivity index (χ0) is 23.1. The molecule has 0 bridgehead atoms. The Morgan fingerprint density at radius 2 is 1.71 bits per heavy atom. The quantitative estimate of drug-likeness (QED) is 0.530. The third-order valence-electron chi connectivity index (χ3n) is 4.12. The summed E-state index contributed by atoms with van der Waals surface area (Å²) in [4.78, 5) is 25.4. The highest BCUT2D eigenvalue weighted by Gasteiger charge is 2.24. The molecule has 0 saturated heterocycles. The van der Waals surface area contributed by atoms with Crippen molar-refractivity contribution in [3.05, 3.63) is 60.2 Å². The lowest BCUT2D eigenvalue weighted by molar-refractivity contribution is -0.118. The van der Waals surface area contributed by atoms with Gasteiger partial charge in [-0.1, -0.05) is 24.3 Å². The van der Waals surface area contributed by atoms with E-state index in [1.54, 1.807) is 68.9 Å². The number of nitrogens with one attached hydrogen (secondary N) is 3. The average Bonchev–Trinajstić information content (AvgIpc) is 2.70. The van der Waals surface area contributed by atoms with Crippen molar-refractivity contribution in [1.29, 1.82) is 0 Å². The van der Waals surface area contributed by atoms with Gasteiger partial charge in [0.2, 0.25) is 15.9 Å². The second-order valence-electron chi connectivity index (χ2n) is 8.05. The summed E-state index contributed by atoms with van der Waals surface area (Å²) in [7, 11) is -3.74. The Morgan fingerprint density at radius 3 is 2.32 bits per heavy atom. The number of thioether (sulfide) groups is 1. The molecule has 0 saturated carbocycles. The highest BCUT2D eigenvalue weighted by atomic mass is 32.2. The molecule has 0 aromatic heterocycles. The summed E-state index contributed by atoms with van der Waals surface area (Å²) < 4.78 is 27.7. The molecule has 31 heavy (non-hydrogen) atoms. The van der Waals surface area contributed by atoms with Gasteiger partial charge in [-0.15, -0.1) is 0 Å². The first kappa shape index (κ1) is 24.9. The Hall–Kier alpha value is -2.36. The van der Waals surface area contributed by atoms with Crippen LogP contribution in [-0.4, -0.2) is 43.8 Å². The monoisotopic (exact) mass is 463 g/mol. The normalized spacial score (nSPS) is 12.8. The molecule has 168 valence electrons. The molecular formula is C22H29N3O4S2. The van der Waals surface area contributed by atoms with Gasteiger partial charge in [0, 0.05) is 16.8 Å². The van der Waals surface area contributed by atoms with E-state index in [1.807, 2.05) is 12.3 Å². The van der Waals surface area contributed by atoms with Crippen LogP contribution in [0, 0.1) is 0 Å². The first-order valence-corrected chi connectivity index (χ1v) is 12.7. The molecule has 0 aliphatic heterocycles. The number of anilines is 1. The van der Waals surface area contributed by atoms with Crippen molar-refractivity contribution >= 4 is 39.3 Å². The Morgan fingerprint density at radius 1 is 1.03 bits per heavy atom. The fourth-order valence-electron chi connectivity index (χ4n) is 2.77. The predicted octanol–water partition coefficient (Wildman–Crippen LogP) is 3.25. The third kappa shape index (κ3) is 8.01. The summed E-state index contributed by atoms with van der Waals surface area (Å²) in [6, 6.07) is 13.9. The minimum absolute atomic E-state index is 0.0502. The average molecular weight is 464 g/mol. The summed E-state index contributed by atoms with van der Waals surface area (Å²) in [6.45, 7) is 5.26. The molecule has 0 heterocycles. The lowest BCUT2D eigenvalue weighted by Gasteiger charge is -2.21. The third-order valence-corrected chi connectivity index (χ3v) is 6.52. The van der Waals surface area contributed by atoms with E-state index in [1.165, 1.54) is 12.1 Å². The van der Waals surface area contributed by atoms with E-state index in [0.29, 0.717) is 23.4 Å². The summed E-state index contributed by atoms with van der Waals surface area (Å²) in [5.41, 5.74) is 0.165. The van der Waals surface area contributed by atoms with Crippen molar-refractivity contribution in [2.45, 2.75) is 43.7 Å². The van der Waals surface area contributed by atoms with Gasteiger partial charge in [-0.25, -0.2) is 13.1 Å². The van der Waals surface area contributed by atoms with Gasteiger partial charge in [-0.05, 0) is 69.5 Å². The minimum Gasteiger partial charge on any atom is -0.340 e. The highest BCUT2D eigenvalue weighted by molar-refractivity contribution is 7.98. The summed E-state index contributed by atoms with van der Waals surface area (Å²) in [5, 5.41) is 5.50. The number of carbonyl (C=O) groups is 2. The van der Waals surface area contributed by atoms with Gasteiger partial charge < -0.3 is 10.6 Å². The van der Waals surface area contributed by atoms with Crippen LogP contribution >= 0.6 is 11.8 Å². The number of rotatable bonds is 9. The smallest absolute Gasteiger partial charge is 0.251 e. The Kier molecular flexibility index (Phi) is 8.67. The molecule has 2 aromatic carbocycles. The molecular weight excluding hydrogens is 434 g/mol. The number of hydrogen-bond donors (Lipinski definition) is 3. The molecule has 2 rings (SSSR count). The first-order valence-electron chi connectivity index (χ1n) is 9.81. The second-order valence-corrected chi connectivity index (χ2v) is 10.7. The van der Waals surface area contributed by atoms with E-state index >= 15 is 0 Å². The standard InChI is InChI=1S/C22H29N3O4S2/c1-22(2,3)25-31(28,29)18-12-8-11-17(15-18)23-21(27)19(13-14-30-4)24-20(26)16-9-6-5-7-10-16/h5-12,15,19,25H,13-14H2,1-4H3,(H,23,27)(H,24,26)/t19-/m1/s1. The molecule has 9 heteroatoms. The molecule has 0 aliphatic rings. The van der Waals surface area contributed by atoms with Gasteiger partial charge in [0.15, 0.2) is 0 Å². The molecule has 2 aromatic rings. The fourth-order valence-corrected chi connectivity index (χ4v) is 4.70. The maximum atomic E-state index is 12.9. The topological polar surface area (TPSA) is 104 Å². The highest BCUT2D eigenvalue weighted by Crippen LogP contribution is 2.18. The van der Waals surface area contributed by atoms with E-state index in [-0.39, 0.29) is 10.8 Å². The van der Waals surface area contributed by atoms with Crippen LogP contribution in [0.4, 0.5) is 5.69 Å². The summed E-state index contributed by atoms with van der Waals surface area (Å²) >= 11 is 1.57. The number of sulfonamides is 1. The van der Waals surface area contributed by atoms with Gasteiger partial charge >= 0.3 is 0 Å². The number of hydrogen-bond acceptors (Lipinski definition) is 5. The lowest BCUT2D eigenvalue weighted by Crippen LogP contribution is -2.44. The van der Waals surface area contributed by atoms with E-state index in [9.17, 15) is 18.0 Å².